The van der Waals surface area contributed by atoms with Gasteiger partial charge in [-0.25, -0.2) is 14.8 Å². The second kappa shape index (κ2) is 10.4. The predicted molar refractivity (Wildman–Crippen MR) is 163 cm³/mol. The number of rotatable bonds is 6. The molecule has 8 nitrogen and oxygen atoms in total. The highest BCUT2D eigenvalue weighted by molar-refractivity contribution is 5.94. The van der Waals surface area contributed by atoms with Gasteiger partial charge in [0.2, 0.25) is 11.7 Å². The first-order valence-corrected chi connectivity index (χ1v) is 14.1. The maximum Gasteiger partial charge on any atom is 0.408 e. The second-order valence-corrected chi connectivity index (χ2v) is 11.8. The van der Waals surface area contributed by atoms with Gasteiger partial charge in [0, 0.05) is 28.5 Å². The molecule has 2 heterocycles. The van der Waals surface area contributed by atoms with Gasteiger partial charge in [-0.2, -0.15) is 0 Å². The van der Waals surface area contributed by atoms with Gasteiger partial charge in [-0.1, -0.05) is 66.7 Å². The summed E-state index contributed by atoms with van der Waals surface area (Å²) in [5.74, 6) is 0.0553. The first-order valence-electron chi connectivity index (χ1n) is 14.1. The maximum absolute atomic E-state index is 12.6. The van der Waals surface area contributed by atoms with Crippen LogP contribution < -0.4 is 11.1 Å². The molecule has 0 radical (unpaired) electrons. The summed E-state index contributed by atoms with van der Waals surface area (Å²) in [6.45, 7) is 5.60. The van der Waals surface area contributed by atoms with E-state index in [4.69, 9.17) is 15.5 Å². The molecule has 3 aromatic carbocycles. The van der Waals surface area contributed by atoms with E-state index >= 15 is 0 Å². The Labute approximate surface area is 244 Å². The lowest BCUT2D eigenvalue weighted by Crippen LogP contribution is -2.52. The van der Waals surface area contributed by atoms with Gasteiger partial charge in [0.05, 0.1) is 23.1 Å². The average Bonchev–Trinajstić information content (AvgIpc) is 3.37. The normalized spacial score (nSPS) is 14.3. The summed E-state index contributed by atoms with van der Waals surface area (Å²) in [5, 5.41) is 3.13. The zero-order valence-corrected chi connectivity index (χ0v) is 23.9. The van der Waals surface area contributed by atoms with Crippen molar-refractivity contribution >= 4 is 17.8 Å². The molecule has 2 aromatic heterocycles. The molecule has 0 saturated heterocycles. The van der Waals surface area contributed by atoms with Gasteiger partial charge in [0.25, 0.3) is 0 Å². The van der Waals surface area contributed by atoms with E-state index in [1.54, 1.807) is 18.3 Å². The SMILES string of the molecule is CC(C)(C)OC(=O)NC1(c2ccc(-c3nc4ncc(-c5cccc(C(N)=O)c5)n4cc3-c3ccccc3)cc2)CCC1. The van der Waals surface area contributed by atoms with E-state index in [0.29, 0.717) is 11.3 Å². The smallest absolute Gasteiger partial charge is 0.408 e. The minimum atomic E-state index is -0.561. The molecule has 1 aliphatic carbocycles. The summed E-state index contributed by atoms with van der Waals surface area (Å²) in [4.78, 5) is 34.1. The third kappa shape index (κ3) is 5.23. The number of carbonyl (C=O) groups excluding carboxylic acids is 2. The van der Waals surface area contributed by atoms with E-state index in [1.807, 2.05) is 61.7 Å². The van der Waals surface area contributed by atoms with Gasteiger partial charge in [0.15, 0.2) is 0 Å². The molecule has 0 unspecified atom stereocenters. The van der Waals surface area contributed by atoms with Crippen LogP contribution in [-0.2, 0) is 10.3 Å². The van der Waals surface area contributed by atoms with Crippen LogP contribution in [0.3, 0.4) is 0 Å². The molecule has 3 N–H and O–H groups in total. The Morgan fingerprint density at radius 2 is 1.64 bits per heavy atom. The first-order chi connectivity index (χ1) is 20.1. The molecule has 2 amide bonds. The summed E-state index contributed by atoms with van der Waals surface area (Å²) in [6.07, 6.45) is 6.15. The molecular weight excluding hydrogens is 526 g/mol. The number of primary amides is 1. The first kappa shape index (κ1) is 27.2. The summed E-state index contributed by atoms with van der Waals surface area (Å²) >= 11 is 0. The number of fused-ring (bicyclic) bond motifs is 1. The molecular formula is C34H33N5O3. The van der Waals surface area contributed by atoms with Crippen LogP contribution in [0.4, 0.5) is 4.79 Å². The lowest BCUT2D eigenvalue weighted by Gasteiger charge is -2.43. The van der Waals surface area contributed by atoms with E-state index < -0.39 is 23.1 Å². The Balaban J connectivity index is 1.40. The number of aromatic nitrogens is 3. The molecule has 0 aliphatic heterocycles. The number of carbonyl (C=O) groups is 2. The monoisotopic (exact) mass is 559 g/mol. The number of imidazole rings is 1. The maximum atomic E-state index is 12.6. The van der Waals surface area contributed by atoms with Crippen LogP contribution in [-0.4, -0.2) is 32.0 Å². The van der Waals surface area contributed by atoms with Crippen LogP contribution in [0.15, 0.2) is 91.3 Å². The van der Waals surface area contributed by atoms with Crippen LogP contribution in [0.25, 0.3) is 39.4 Å². The van der Waals surface area contributed by atoms with E-state index in [-0.39, 0.29) is 0 Å². The third-order valence-electron chi connectivity index (χ3n) is 7.69. The lowest BCUT2D eigenvalue weighted by atomic mass is 9.71. The van der Waals surface area contributed by atoms with Crippen molar-refractivity contribution in [2.45, 2.75) is 51.2 Å². The predicted octanol–water partition coefficient (Wildman–Crippen LogP) is 6.73. The number of nitrogens with two attached hydrogens (primary N) is 1. The highest BCUT2D eigenvalue weighted by atomic mass is 16.6. The summed E-state index contributed by atoms with van der Waals surface area (Å²) in [6, 6.07) is 25.5. The van der Waals surface area contributed by atoms with Gasteiger partial charge in [-0.15, -0.1) is 0 Å². The van der Waals surface area contributed by atoms with Crippen LogP contribution in [0, 0.1) is 0 Å². The van der Waals surface area contributed by atoms with Gasteiger partial charge >= 0.3 is 6.09 Å². The molecule has 1 fully saturated rings. The van der Waals surface area contributed by atoms with Gasteiger partial charge < -0.3 is 15.8 Å². The molecule has 5 aromatic rings. The van der Waals surface area contributed by atoms with E-state index in [2.05, 4.69) is 46.7 Å². The second-order valence-electron chi connectivity index (χ2n) is 11.8. The van der Waals surface area contributed by atoms with Crippen molar-refractivity contribution in [3.05, 3.63) is 102 Å². The number of nitrogens with zero attached hydrogens (tertiary/aromatic N) is 3. The number of alkyl carbamates (subject to hydrolysis) is 1. The minimum absolute atomic E-state index is 0.402. The molecule has 0 bridgehead atoms. The van der Waals surface area contributed by atoms with E-state index in [0.717, 1.165) is 58.5 Å². The fourth-order valence-electron chi connectivity index (χ4n) is 5.47. The Hall–Kier alpha value is -4.98. The Morgan fingerprint density at radius 3 is 2.29 bits per heavy atom. The number of amides is 2. The average molecular weight is 560 g/mol. The molecule has 0 spiro atoms. The molecule has 1 aliphatic rings. The van der Waals surface area contributed by atoms with Crippen LogP contribution in [0.1, 0.15) is 56.0 Å². The highest BCUT2D eigenvalue weighted by Crippen LogP contribution is 2.42. The van der Waals surface area contributed by atoms with E-state index in [1.165, 1.54) is 0 Å². The zero-order chi connectivity index (χ0) is 29.5. The minimum Gasteiger partial charge on any atom is -0.444 e. The van der Waals surface area contributed by atoms with Crippen LogP contribution >= 0.6 is 0 Å². The van der Waals surface area contributed by atoms with Gasteiger partial charge in [-0.3, -0.25) is 9.20 Å². The lowest BCUT2D eigenvalue weighted by molar-refractivity contribution is 0.0377. The fourth-order valence-corrected chi connectivity index (χ4v) is 5.47. The third-order valence-corrected chi connectivity index (χ3v) is 7.69. The Morgan fingerprint density at radius 1 is 0.929 bits per heavy atom. The number of ether oxygens (including phenoxy) is 1. The van der Waals surface area contributed by atoms with Gasteiger partial charge in [-0.05, 0) is 63.3 Å². The zero-order valence-electron chi connectivity index (χ0n) is 23.9. The van der Waals surface area contributed by atoms with Crippen molar-refractivity contribution in [3.8, 4) is 33.6 Å². The molecule has 0 atom stereocenters. The number of hydrogen-bond donors (Lipinski definition) is 2. The number of benzene rings is 3. The Kier molecular flexibility index (Phi) is 6.77. The molecule has 8 heteroatoms. The van der Waals surface area contributed by atoms with Crippen molar-refractivity contribution in [2.75, 3.05) is 0 Å². The molecule has 1 saturated carbocycles. The van der Waals surface area contributed by atoms with Crippen molar-refractivity contribution in [1.29, 1.82) is 0 Å². The summed E-state index contributed by atoms with van der Waals surface area (Å²) in [5.41, 5.74) is 11.3. The molecule has 6 rings (SSSR count). The molecule has 42 heavy (non-hydrogen) atoms. The fraction of sp³-hybridized carbons (Fsp3) is 0.235. The number of nitrogens with one attached hydrogen (secondary N) is 1. The van der Waals surface area contributed by atoms with Crippen molar-refractivity contribution in [3.63, 3.8) is 0 Å². The highest BCUT2D eigenvalue weighted by Gasteiger charge is 2.41. The van der Waals surface area contributed by atoms with Gasteiger partial charge in [0.1, 0.15) is 5.60 Å². The summed E-state index contributed by atoms with van der Waals surface area (Å²) in [7, 11) is 0. The quantitative estimate of drug-likeness (QED) is 0.240. The number of hydrogen-bond acceptors (Lipinski definition) is 5. The largest absolute Gasteiger partial charge is 0.444 e. The van der Waals surface area contributed by atoms with Crippen LogP contribution in [0.2, 0.25) is 0 Å². The van der Waals surface area contributed by atoms with Crippen molar-refractivity contribution < 1.29 is 14.3 Å². The summed E-state index contributed by atoms with van der Waals surface area (Å²) < 4.78 is 7.49. The van der Waals surface area contributed by atoms with Crippen LogP contribution in [0.5, 0.6) is 0 Å². The Bertz CT molecular complexity index is 1780. The van der Waals surface area contributed by atoms with Crippen molar-refractivity contribution in [2.24, 2.45) is 5.73 Å². The topological polar surface area (TPSA) is 112 Å². The standard InChI is InChI=1S/C34H33N5O3/c1-33(2,3)42-32(41)38-34(17-8-18-34)26-15-13-23(14-16-26)29-27(22-9-5-4-6-10-22)21-39-28(20-36-31(39)37-29)24-11-7-12-25(19-24)30(35)40/h4-7,9-16,19-21H,8,17-18H2,1-3H3,(H2,35,40)(H,38,41). The van der Waals surface area contributed by atoms with Crippen molar-refractivity contribution in [1.82, 2.24) is 19.7 Å². The van der Waals surface area contributed by atoms with E-state index in [9.17, 15) is 9.59 Å². The molecule has 212 valence electrons.